The van der Waals surface area contributed by atoms with Gasteiger partial charge in [0.2, 0.25) is 0 Å². The minimum Gasteiger partial charge on any atom is -0.497 e. The van der Waals surface area contributed by atoms with Crippen LogP contribution in [0, 0.1) is 11.3 Å². The largest absolute Gasteiger partial charge is 0.497 e. The van der Waals surface area contributed by atoms with Gasteiger partial charge in [0.25, 0.3) is 0 Å². The van der Waals surface area contributed by atoms with Gasteiger partial charge in [0, 0.05) is 11.2 Å². The van der Waals surface area contributed by atoms with Crippen molar-refractivity contribution >= 4 is 11.6 Å². The fraction of sp³-hybridized carbons (Fsp3) is 0.154. The van der Waals surface area contributed by atoms with Gasteiger partial charge in [0.1, 0.15) is 18.0 Å². The number of ether oxygens (including phenoxy) is 1. The predicted molar refractivity (Wildman–Crippen MR) is 67.5 cm³/mol. The molecule has 1 heterocycles. The van der Waals surface area contributed by atoms with Crippen molar-refractivity contribution in [3.05, 3.63) is 53.1 Å². The number of hydrogen-bond donors (Lipinski definition) is 0. The highest BCUT2D eigenvalue weighted by atomic mass is 35.5. The molecule has 1 atom stereocenters. The summed E-state index contributed by atoms with van der Waals surface area (Å²) in [5.41, 5.74) is 1.33. The molecule has 0 bridgehead atoms. The third-order valence-corrected chi connectivity index (χ3v) is 2.88. The molecule has 0 aliphatic rings. The van der Waals surface area contributed by atoms with E-state index in [1.54, 1.807) is 37.6 Å². The van der Waals surface area contributed by atoms with Crippen LogP contribution in [0.5, 0.6) is 5.75 Å². The maximum Gasteiger partial charge on any atom is 0.120 e. The van der Waals surface area contributed by atoms with Crippen molar-refractivity contribution in [2.24, 2.45) is 0 Å². The Morgan fingerprint density at radius 3 is 2.78 bits per heavy atom. The Morgan fingerprint density at radius 1 is 1.39 bits per heavy atom. The highest BCUT2D eigenvalue weighted by molar-refractivity contribution is 6.31. The van der Waals surface area contributed by atoms with Crippen molar-refractivity contribution in [1.82, 2.24) is 9.97 Å². The molecule has 5 heteroatoms. The fourth-order valence-electron chi connectivity index (χ4n) is 1.64. The maximum absolute atomic E-state index is 9.28. The van der Waals surface area contributed by atoms with E-state index in [4.69, 9.17) is 16.3 Å². The number of methoxy groups -OCH3 is 1. The maximum atomic E-state index is 9.28. The van der Waals surface area contributed by atoms with Crippen molar-refractivity contribution in [3.63, 3.8) is 0 Å². The lowest BCUT2D eigenvalue weighted by atomic mass is 9.97. The van der Waals surface area contributed by atoms with Crippen LogP contribution in [0.2, 0.25) is 5.02 Å². The number of nitriles is 1. The number of halogens is 1. The Hall–Kier alpha value is -2.12. The summed E-state index contributed by atoms with van der Waals surface area (Å²) >= 11 is 6.16. The lowest BCUT2D eigenvalue weighted by Gasteiger charge is -2.11. The number of rotatable bonds is 3. The first kappa shape index (κ1) is 12.3. The molecular weight excluding hydrogens is 250 g/mol. The topological polar surface area (TPSA) is 58.8 Å². The molecule has 2 rings (SSSR count). The Balaban J connectivity index is 2.44. The van der Waals surface area contributed by atoms with Gasteiger partial charge in [-0.3, -0.25) is 0 Å². The van der Waals surface area contributed by atoms with E-state index in [9.17, 15) is 5.26 Å². The number of aromatic nitrogens is 2. The molecule has 0 aliphatic heterocycles. The molecule has 0 N–H and O–H groups in total. The molecule has 1 aromatic carbocycles. The van der Waals surface area contributed by atoms with Gasteiger partial charge in [-0.25, -0.2) is 9.97 Å². The minimum absolute atomic E-state index is 0.486. The van der Waals surface area contributed by atoms with E-state index in [0.717, 1.165) is 0 Å². The van der Waals surface area contributed by atoms with E-state index in [1.807, 2.05) is 0 Å². The summed E-state index contributed by atoms with van der Waals surface area (Å²) in [6, 6.07) is 9.13. The number of benzene rings is 1. The summed E-state index contributed by atoms with van der Waals surface area (Å²) in [4.78, 5) is 7.92. The molecule has 0 fully saturated rings. The molecule has 90 valence electrons. The molecule has 1 unspecified atom stereocenters. The molecule has 0 spiro atoms. The molecule has 0 saturated heterocycles. The van der Waals surface area contributed by atoms with Gasteiger partial charge in [-0.15, -0.1) is 0 Å². The minimum atomic E-state index is -0.508. The van der Waals surface area contributed by atoms with Crippen molar-refractivity contribution < 1.29 is 4.74 Å². The third kappa shape index (κ3) is 2.41. The number of nitrogens with zero attached hydrogens (tertiary/aromatic N) is 3. The first-order valence-electron chi connectivity index (χ1n) is 5.25. The quantitative estimate of drug-likeness (QED) is 0.850. The van der Waals surface area contributed by atoms with Crippen LogP contribution in [0.1, 0.15) is 17.2 Å². The smallest absolute Gasteiger partial charge is 0.120 e. The lowest BCUT2D eigenvalue weighted by Crippen LogP contribution is -2.02. The van der Waals surface area contributed by atoms with E-state index < -0.39 is 5.92 Å². The van der Waals surface area contributed by atoms with Gasteiger partial charge in [0.15, 0.2) is 0 Å². The van der Waals surface area contributed by atoms with Gasteiger partial charge >= 0.3 is 0 Å². The Kier molecular flexibility index (Phi) is 3.75. The predicted octanol–water partition coefficient (Wildman–Crippen LogP) is 2.79. The zero-order chi connectivity index (χ0) is 13.0. The standard InChI is InChI=1S/C13H10ClN3O/c1-18-9-2-3-10(12(14)6-9)11(7-15)13-4-5-16-8-17-13/h2-6,8,11H,1H3. The van der Waals surface area contributed by atoms with Crippen molar-refractivity contribution in [1.29, 1.82) is 5.26 Å². The Labute approximate surface area is 110 Å². The molecule has 4 nitrogen and oxygen atoms in total. The van der Waals surface area contributed by atoms with Gasteiger partial charge in [0.05, 0.1) is 18.9 Å². The van der Waals surface area contributed by atoms with Crippen LogP contribution in [-0.4, -0.2) is 17.1 Å². The van der Waals surface area contributed by atoms with Crippen LogP contribution in [0.15, 0.2) is 36.8 Å². The molecule has 0 aliphatic carbocycles. The van der Waals surface area contributed by atoms with E-state index in [-0.39, 0.29) is 0 Å². The first-order chi connectivity index (χ1) is 8.76. The summed E-state index contributed by atoms with van der Waals surface area (Å²) < 4.78 is 5.08. The normalized spacial score (nSPS) is 11.6. The lowest BCUT2D eigenvalue weighted by molar-refractivity contribution is 0.414. The summed E-state index contributed by atoms with van der Waals surface area (Å²) in [6.07, 6.45) is 3.02. The third-order valence-electron chi connectivity index (χ3n) is 2.55. The van der Waals surface area contributed by atoms with Crippen molar-refractivity contribution in [3.8, 4) is 11.8 Å². The fourth-order valence-corrected chi connectivity index (χ4v) is 1.92. The highest BCUT2D eigenvalue weighted by Gasteiger charge is 2.18. The van der Waals surface area contributed by atoms with Crippen LogP contribution in [0.3, 0.4) is 0 Å². The van der Waals surface area contributed by atoms with Gasteiger partial charge in [-0.05, 0) is 23.8 Å². The van der Waals surface area contributed by atoms with Gasteiger partial charge in [-0.1, -0.05) is 17.7 Å². The van der Waals surface area contributed by atoms with Crippen LogP contribution in [0.4, 0.5) is 0 Å². The summed E-state index contributed by atoms with van der Waals surface area (Å²) in [7, 11) is 1.57. The Morgan fingerprint density at radius 2 is 2.22 bits per heavy atom. The van der Waals surface area contributed by atoms with Crippen molar-refractivity contribution in [2.45, 2.75) is 5.92 Å². The molecule has 0 radical (unpaired) electrons. The first-order valence-corrected chi connectivity index (χ1v) is 5.63. The Bertz CT molecular complexity index is 581. The monoisotopic (exact) mass is 259 g/mol. The molecule has 18 heavy (non-hydrogen) atoms. The highest BCUT2D eigenvalue weighted by Crippen LogP contribution is 2.31. The SMILES string of the molecule is COc1ccc(C(C#N)c2ccncn2)c(Cl)c1. The van der Waals surface area contributed by atoms with Crippen LogP contribution >= 0.6 is 11.6 Å². The average molecular weight is 260 g/mol. The second-order valence-electron chi connectivity index (χ2n) is 3.58. The van der Waals surface area contributed by atoms with Gasteiger partial charge in [-0.2, -0.15) is 5.26 Å². The van der Waals surface area contributed by atoms with E-state index in [0.29, 0.717) is 22.0 Å². The van der Waals surface area contributed by atoms with Crippen LogP contribution in [-0.2, 0) is 0 Å². The average Bonchev–Trinajstić information content (AvgIpc) is 2.42. The molecule has 1 aromatic heterocycles. The molecule has 0 saturated carbocycles. The second kappa shape index (κ2) is 5.48. The summed E-state index contributed by atoms with van der Waals surface area (Å²) in [5, 5.41) is 9.77. The number of hydrogen-bond acceptors (Lipinski definition) is 4. The van der Waals surface area contributed by atoms with E-state index in [1.165, 1.54) is 6.33 Å². The molecule has 2 aromatic rings. The second-order valence-corrected chi connectivity index (χ2v) is 3.99. The van der Waals surface area contributed by atoms with E-state index >= 15 is 0 Å². The van der Waals surface area contributed by atoms with E-state index in [2.05, 4.69) is 16.0 Å². The zero-order valence-corrected chi connectivity index (χ0v) is 10.4. The summed E-state index contributed by atoms with van der Waals surface area (Å²) in [6.45, 7) is 0. The van der Waals surface area contributed by atoms with Gasteiger partial charge < -0.3 is 4.74 Å². The van der Waals surface area contributed by atoms with Crippen LogP contribution < -0.4 is 4.74 Å². The summed E-state index contributed by atoms with van der Waals surface area (Å²) in [5.74, 6) is 0.148. The molecular formula is C13H10ClN3O. The molecule has 0 amide bonds. The zero-order valence-electron chi connectivity index (χ0n) is 9.67. The van der Waals surface area contributed by atoms with Crippen LogP contribution in [0.25, 0.3) is 0 Å². The van der Waals surface area contributed by atoms with Crippen molar-refractivity contribution in [2.75, 3.05) is 7.11 Å².